The molecule has 0 radical (unpaired) electrons. The number of benzene rings is 2. The van der Waals surface area contributed by atoms with Gasteiger partial charge in [-0.3, -0.25) is 4.79 Å². The van der Waals surface area contributed by atoms with Gasteiger partial charge >= 0.3 is 0 Å². The molecule has 1 N–H and O–H groups in total. The van der Waals surface area contributed by atoms with E-state index in [-0.39, 0.29) is 5.57 Å². The Hall–Kier alpha value is -1.31. The number of hydrogen-bond acceptors (Lipinski definition) is 3. The van der Waals surface area contributed by atoms with Crippen molar-refractivity contribution in [3.63, 3.8) is 0 Å². The van der Waals surface area contributed by atoms with Crippen LogP contribution in [0.4, 0.5) is 5.69 Å². The number of nitrogens with zero attached hydrogens (tertiary/aromatic N) is 1. The highest BCUT2D eigenvalue weighted by Crippen LogP contribution is 2.29. The highest BCUT2D eigenvalue weighted by atomic mass is 127. The van der Waals surface area contributed by atoms with Crippen molar-refractivity contribution < 1.29 is 9.53 Å². The summed E-state index contributed by atoms with van der Waals surface area (Å²) in [5.74, 6) is 0.296. The molecule has 0 fully saturated rings. The van der Waals surface area contributed by atoms with E-state index in [1.807, 2.05) is 25.1 Å². The fraction of sp³-hybridized carbons (Fsp3) is 0.111. The molecule has 0 saturated carbocycles. The highest BCUT2D eigenvalue weighted by Gasteiger charge is 2.13. The monoisotopic (exact) mass is 578 g/mol. The molecule has 4 nitrogen and oxygen atoms in total. The maximum absolute atomic E-state index is 12.4. The van der Waals surface area contributed by atoms with Crippen molar-refractivity contribution >= 4 is 74.5 Å². The Morgan fingerprint density at radius 2 is 1.96 bits per heavy atom. The summed E-state index contributed by atoms with van der Waals surface area (Å²) >= 11 is 10.4. The van der Waals surface area contributed by atoms with Gasteiger partial charge in [0.25, 0.3) is 5.91 Å². The molecule has 0 aromatic heterocycles. The third-order valence-corrected chi connectivity index (χ3v) is 5.43. The van der Waals surface area contributed by atoms with E-state index in [0.29, 0.717) is 10.7 Å². The van der Waals surface area contributed by atoms with Gasteiger partial charge in [0.1, 0.15) is 17.4 Å². The second-order valence-electron chi connectivity index (χ2n) is 5.05. The number of anilines is 1. The largest absolute Gasteiger partial charge is 0.495 e. The second kappa shape index (κ2) is 8.87. The number of rotatable bonds is 4. The van der Waals surface area contributed by atoms with E-state index < -0.39 is 5.91 Å². The lowest BCUT2D eigenvalue weighted by molar-refractivity contribution is -0.112. The van der Waals surface area contributed by atoms with Gasteiger partial charge in [-0.15, -0.1) is 0 Å². The van der Waals surface area contributed by atoms with Gasteiger partial charge in [0.05, 0.1) is 14.3 Å². The number of ether oxygens (including phenoxy) is 1. The summed E-state index contributed by atoms with van der Waals surface area (Å²) in [4.78, 5) is 12.4. The SMILES string of the molecule is COc1c(I)cc(/C=C(\C#N)C(=O)Nc2cccc(Cl)c2C)cc1I. The van der Waals surface area contributed by atoms with E-state index in [1.165, 1.54) is 0 Å². The predicted molar refractivity (Wildman–Crippen MR) is 117 cm³/mol. The molecule has 0 aliphatic heterocycles. The number of amides is 1. The molecule has 25 heavy (non-hydrogen) atoms. The van der Waals surface area contributed by atoms with E-state index >= 15 is 0 Å². The quantitative estimate of drug-likeness (QED) is 0.300. The van der Waals surface area contributed by atoms with Crippen molar-refractivity contribution in [3.05, 3.63) is 59.2 Å². The molecule has 7 heteroatoms. The first-order chi connectivity index (χ1) is 11.9. The van der Waals surface area contributed by atoms with Gasteiger partial charge in [-0.25, -0.2) is 0 Å². The van der Waals surface area contributed by atoms with E-state index in [9.17, 15) is 10.1 Å². The maximum atomic E-state index is 12.4. The van der Waals surface area contributed by atoms with Crippen LogP contribution in [0.5, 0.6) is 5.75 Å². The van der Waals surface area contributed by atoms with E-state index in [0.717, 1.165) is 24.0 Å². The van der Waals surface area contributed by atoms with Gasteiger partial charge < -0.3 is 10.1 Å². The molecule has 0 atom stereocenters. The van der Waals surface area contributed by atoms with Crippen LogP contribution in [0.3, 0.4) is 0 Å². The molecule has 2 aromatic carbocycles. The number of nitrogens with one attached hydrogen (secondary N) is 1. The lowest BCUT2D eigenvalue weighted by atomic mass is 10.1. The van der Waals surface area contributed by atoms with Crippen molar-refractivity contribution in [2.75, 3.05) is 12.4 Å². The lowest BCUT2D eigenvalue weighted by Gasteiger charge is -2.10. The summed E-state index contributed by atoms with van der Waals surface area (Å²) in [6.07, 6.45) is 1.55. The molecule has 0 aliphatic carbocycles. The minimum atomic E-state index is -0.478. The Morgan fingerprint density at radius 1 is 1.32 bits per heavy atom. The zero-order valence-electron chi connectivity index (χ0n) is 13.4. The highest BCUT2D eigenvalue weighted by molar-refractivity contribution is 14.1. The van der Waals surface area contributed by atoms with Crippen molar-refractivity contribution in [1.82, 2.24) is 0 Å². The van der Waals surface area contributed by atoms with Crippen LogP contribution in [0, 0.1) is 25.4 Å². The number of nitriles is 1. The minimum absolute atomic E-state index is 0.0103. The smallest absolute Gasteiger partial charge is 0.266 e. The molecule has 0 unspecified atom stereocenters. The number of carbonyl (C=O) groups is 1. The summed E-state index contributed by atoms with van der Waals surface area (Å²) < 4.78 is 7.13. The topological polar surface area (TPSA) is 62.1 Å². The standard InChI is InChI=1S/C18H13ClI2N2O2/c1-10-13(19)4-3-5-16(10)23-18(24)12(9-22)6-11-7-14(20)17(25-2)15(21)8-11/h3-8H,1-2H3,(H,23,24)/b12-6+. The molecule has 128 valence electrons. The zero-order chi connectivity index (χ0) is 18.6. The van der Waals surface area contributed by atoms with E-state index in [4.69, 9.17) is 16.3 Å². The van der Waals surface area contributed by atoms with Crippen LogP contribution >= 0.6 is 56.8 Å². The third kappa shape index (κ3) is 4.86. The first-order valence-electron chi connectivity index (χ1n) is 7.08. The minimum Gasteiger partial charge on any atom is -0.495 e. The summed E-state index contributed by atoms with van der Waals surface area (Å²) in [7, 11) is 1.61. The molecule has 0 heterocycles. The van der Waals surface area contributed by atoms with Gasteiger partial charge in [-0.05, 0) is 93.6 Å². The van der Waals surface area contributed by atoms with Crippen LogP contribution in [0.25, 0.3) is 6.08 Å². The van der Waals surface area contributed by atoms with Gasteiger partial charge in [-0.1, -0.05) is 17.7 Å². The van der Waals surface area contributed by atoms with Crippen molar-refractivity contribution in [1.29, 1.82) is 5.26 Å². The maximum Gasteiger partial charge on any atom is 0.266 e. The fourth-order valence-corrected chi connectivity index (χ4v) is 4.54. The Labute approximate surface area is 178 Å². The normalized spacial score (nSPS) is 11.0. The van der Waals surface area contributed by atoms with Gasteiger partial charge in [0.15, 0.2) is 0 Å². The Balaban J connectivity index is 2.33. The van der Waals surface area contributed by atoms with Crippen LogP contribution in [0.15, 0.2) is 35.9 Å². The lowest BCUT2D eigenvalue weighted by Crippen LogP contribution is -2.14. The van der Waals surface area contributed by atoms with Crippen LogP contribution in [0.2, 0.25) is 5.02 Å². The fourth-order valence-electron chi connectivity index (χ4n) is 2.11. The zero-order valence-corrected chi connectivity index (χ0v) is 18.4. The predicted octanol–water partition coefficient (Wildman–Crippen LogP) is 5.41. The molecule has 0 spiro atoms. The average Bonchev–Trinajstić information content (AvgIpc) is 2.56. The molecular formula is C18H13ClI2N2O2. The molecular weight excluding hydrogens is 565 g/mol. The summed E-state index contributed by atoms with van der Waals surface area (Å²) in [5, 5.41) is 12.7. The first-order valence-corrected chi connectivity index (χ1v) is 9.62. The van der Waals surface area contributed by atoms with Crippen LogP contribution in [-0.4, -0.2) is 13.0 Å². The van der Waals surface area contributed by atoms with Crippen LogP contribution in [-0.2, 0) is 4.79 Å². The Morgan fingerprint density at radius 3 is 2.52 bits per heavy atom. The molecule has 2 rings (SSSR count). The third-order valence-electron chi connectivity index (χ3n) is 3.42. The molecule has 2 aromatic rings. The summed E-state index contributed by atoms with van der Waals surface area (Å²) in [5.41, 5.74) is 2.10. The summed E-state index contributed by atoms with van der Waals surface area (Å²) in [6.45, 7) is 1.81. The number of halogens is 3. The molecule has 0 aliphatic rings. The van der Waals surface area contributed by atoms with E-state index in [1.54, 1.807) is 31.4 Å². The first kappa shape index (κ1) is 20.0. The van der Waals surface area contributed by atoms with Crippen molar-refractivity contribution in [2.45, 2.75) is 6.92 Å². The van der Waals surface area contributed by atoms with Crippen molar-refractivity contribution in [3.8, 4) is 11.8 Å². The average molecular weight is 579 g/mol. The number of hydrogen-bond donors (Lipinski definition) is 1. The van der Waals surface area contributed by atoms with Crippen LogP contribution in [0.1, 0.15) is 11.1 Å². The molecule has 0 saturated heterocycles. The second-order valence-corrected chi connectivity index (χ2v) is 7.79. The molecule has 1 amide bonds. The molecule has 0 bridgehead atoms. The van der Waals surface area contributed by atoms with Gasteiger partial charge in [0.2, 0.25) is 0 Å². The number of carbonyl (C=O) groups excluding carboxylic acids is 1. The van der Waals surface area contributed by atoms with Gasteiger partial charge in [0, 0.05) is 10.7 Å². The summed E-state index contributed by atoms with van der Waals surface area (Å²) in [6, 6.07) is 10.9. The van der Waals surface area contributed by atoms with Gasteiger partial charge in [-0.2, -0.15) is 5.26 Å². The van der Waals surface area contributed by atoms with Crippen LogP contribution < -0.4 is 10.1 Å². The Kier molecular flexibility index (Phi) is 7.10. The van der Waals surface area contributed by atoms with Crippen molar-refractivity contribution in [2.24, 2.45) is 0 Å². The Bertz CT molecular complexity index is 881. The van der Waals surface area contributed by atoms with E-state index in [2.05, 4.69) is 50.5 Å². The number of methoxy groups -OCH3 is 1.